The Morgan fingerprint density at radius 3 is 2.43 bits per heavy atom. The van der Waals surface area contributed by atoms with Gasteiger partial charge in [-0.15, -0.1) is 0 Å². The minimum absolute atomic E-state index is 0.0101. The molecule has 1 N–H and O–H groups in total. The van der Waals surface area contributed by atoms with Gasteiger partial charge in [-0.3, -0.25) is 4.79 Å². The molecule has 37 heavy (non-hydrogen) atoms. The fourth-order valence-electron chi connectivity index (χ4n) is 3.89. The Morgan fingerprint density at radius 1 is 1.11 bits per heavy atom. The van der Waals surface area contributed by atoms with Crippen molar-refractivity contribution in [2.75, 3.05) is 26.2 Å². The van der Waals surface area contributed by atoms with Gasteiger partial charge in [0.1, 0.15) is 12.4 Å². The number of nitrogens with zero attached hydrogens (tertiary/aromatic N) is 3. The number of likely N-dealkylation sites (tertiary alicyclic amines) is 1. The largest absolute Gasteiger partial charge is 0.474 e. The van der Waals surface area contributed by atoms with Gasteiger partial charge in [0.05, 0.1) is 24.4 Å². The highest BCUT2D eigenvalue weighted by Gasteiger charge is 2.46. The third-order valence-corrected chi connectivity index (χ3v) is 5.88. The van der Waals surface area contributed by atoms with Crippen LogP contribution in [0.15, 0.2) is 30.6 Å². The Kier molecular flexibility index (Phi) is 9.85. The van der Waals surface area contributed by atoms with Crippen LogP contribution in [-0.2, 0) is 14.3 Å². The number of hydrogen-bond acceptors (Lipinski definition) is 8. The van der Waals surface area contributed by atoms with Gasteiger partial charge in [0.25, 0.3) is 5.91 Å². The lowest BCUT2D eigenvalue weighted by molar-refractivity contribution is -0.134. The van der Waals surface area contributed by atoms with Gasteiger partial charge in [0, 0.05) is 32.5 Å². The third-order valence-electron chi connectivity index (χ3n) is 5.88. The molecule has 0 aromatic carbocycles. The average molecular weight is 521 g/mol. The molecule has 0 spiro atoms. The van der Waals surface area contributed by atoms with E-state index in [2.05, 4.69) is 15.3 Å². The van der Waals surface area contributed by atoms with Crippen LogP contribution in [0.25, 0.3) is 0 Å². The number of allylic oxidation sites excluding steroid dienone is 2. The van der Waals surface area contributed by atoms with Crippen LogP contribution in [0.2, 0.25) is 0 Å². The van der Waals surface area contributed by atoms with Crippen LogP contribution in [0, 0.1) is 6.92 Å². The molecule has 0 bridgehead atoms. The monoisotopic (exact) mass is 520 g/mol. The molecule has 3 rings (SSSR count). The highest BCUT2D eigenvalue weighted by Crippen LogP contribution is 2.31. The molecule has 2 atom stereocenters. The Hall–Kier alpha value is -3.21. The summed E-state index contributed by atoms with van der Waals surface area (Å²) in [6, 6.07) is 0. The molecule has 0 radical (unpaired) electrons. The van der Waals surface area contributed by atoms with Gasteiger partial charge in [-0.2, -0.15) is 0 Å². The van der Waals surface area contributed by atoms with Crippen molar-refractivity contribution in [1.29, 1.82) is 0 Å². The van der Waals surface area contributed by atoms with Gasteiger partial charge < -0.3 is 29.2 Å². The number of aromatic nitrogens is 2. The Morgan fingerprint density at radius 2 is 1.78 bits per heavy atom. The molecule has 10 nitrogen and oxygen atoms in total. The van der Waals surface area contributed by atoms with Gasteiger partial charge in [-0.05, 0) is 46.8 Å². The van der Waals surface area contributed by atoms with Crippen molar-refractivity contribution in [2.45, 2.75) is 77.5 Å². The van der Waals surface area contributed by atoms with Gasteiger partial charge in [-0.1, -0.05) is 12.2 Å². The summed E-state index contributed by atoms with van der Waals surface area (Å²) in [5, 5.41) is 2.57. The molecule has 1 aromatic heterocycles. The van der Waals surface area contributed by atoms with E-state index in [4.69, 9.17) is 18.9 Å². The first-order chi connectivity index (χ1) is 17.6. The zero-order valence-electron chi connectivity index (χ0n) is 22.1. The van der Waals surface area contributed by atoms with Gasteiger partial charge in [-0.25, -0.2) is 19.2 Å². The molecule has 2 heterocycles. The molecule has 2 amide bonds. The van der Waals surface area contributed by atoms with E-state index in [0.29, 0.717) is 37.4 Å². The van der Waals surface area contributed by atoms with Crippen LogP contribution in [0.5, 0.6) is 11.8 Å². The lowest BCUT2D eigenvalue weighted by atomic mass is 9.93. The van der Waals surface area contributed by atoms with E-state index < -0.39 is 17.7 Å². The van der Waals surface area contributed by atoms with Crippen molar-refractivity contribution in [2.24, 2.45) is 0 Å². The number of carbonyl (C=O) groups is 2. The van der Waals surface area contributed by atoms with E-state index >= 15 is 4.39 Å². The summed E-state index contributed by atoms with van der Waals surface area (Å²) in [5.41, 5.74) is -1.94. The Bertz CT molecular complexity index is 993. The van der Waals surface area contributed by atoms with E-state index in [1.54, 1.807) is 17.9 Å². The summed E-state index contributed by atoms with van der Waals surface area (Å²) in [4.78, 5) is 34.8. The number of ether oxygens (including phenoxy) is 4. The first kappa shape index (κ1) is 28.4. The molecule has 2 aliphatic rings. The smallest absolute Gasteiger partial charge is 0.410 e. The second-order valence-corrected chi connectivity index (χ2v) is 9.57. The standard InChI is InChI=1S/C26H37FN4O6/c1-17(2)34-15-12-28-24(32)26(27)11-7-6-8-21(26)37-23-19(5)22(29-16-30-23)36-20-9-13-31(14-10-20)25(33)35-18(3)4/h6-8,11,16-18,20-21H,9-10,12-15H2,1-5H3,(H,28,32). The maximum atomic E-state index is 15.9. The van der Waals surface area contributed by atoms with Crippen molar-refractivity contribution in [3.63, 3.8) is 0 Å². The minimum atomic E-state index is -2.43. The zero-order valence-corrected chi connectivity index (χ0v) is 22.1. The molecule has 0 saturated carbocycles. The van der Waals surface area contributed by atoms with Crippen LogP contribution in [0.1, 0.15) is 46.1 Å². The van der Waals surface area contributed by atoms with Crippen molar-refractivity contribution in [1.82, 2.24) is 20.2 Å². The van der Waals surface area contributed by atoms with Crippen LogP contribution < -0.4 is 14.8 Å². The van der Waals surface area contributed by atoms with Crippen LogP contribution in [0.4, 0.5) is 9.18 Å². The van der Waals surface area contributed by atoms with Gasteiger partial charge in [0.15, 0.2) is 6.10 Å². The summed E-state index contributed by atoms with van der Waals surface area (Å²) in [5.74, 6) is -0.398. The molecule has 1 aliphatic heterocycles. The molecule has 1 saturated heterocycles. The van der Waals surface area contributed by atoms with E-state index in [1.807, 2.05) is 27.7 Å². The summed E-state index contributed by atoms with van der Waals surface area (Å²) in [6.45, 7) is 10.6. The van der Waals surface area contributed by atoms with Crippen molar-refractivity contribution >= 4 is 12.0 Å². The number of alkyl halides is 1. The van der Waals surface area contributed by atoms with E-state index in [9.17, 15) is 9.59 Å². The lowest BCUT2D eigenvalue weighted by Crippen LogP contribution is -2.53. The molecule has 1 aromatic rings. The van der Waals surface area contributed by atoms with Crippen molar-refractivity contribution < 1.29 is 32.9 Å². The first-order valence-electron chi connectivity index (χ1n) is 12.7. The number of rotatable bonds is 10. The van der Waals surface area contributed by atoms with E-state index in [0.717, 1.165) is 0 Å². The lowest BCUT2D eigenvalue weighted by Gasteiger charge is -2.32. The highest BCUT2D eigenvalue weighted by atomic mass is 19.1. The summed E-state index contributed by atoms with van der Waals surface area (Å²) in [7, 11) is 0. The topological polar surface area (TPSA) is 112 Å². The van der Waals surface area contributed by atoms with Gasteiger partial charge >= 0.3 is 6.09 Å². The number of carbonyl (C=O) groups excluding carboxylic acids is 2. The fourth-order valence-corrected chi connectivity index (χ4v) is 3.89. The number of hydrogen-bond donors (Lipinski definition) is 1. The average Bonchev–Trinajstić information content (AvgIpc) is 2.85. The fraction of sp³-hybridized carbons (Fsp3) is 0.615. The van der Waals surface area contributed by atoms with Crippen LogP contribution in [-0.4, -0.2) is 83.2 Å². The minimum Gasteiger partial charge on any atom is -0.474 e. The molecule has 2 unspecified atom stereocenters. The molecular formula is C26H37FN4O6. The number of amides is 2. The van der Waals surface area contributed by atoms with Crippen molar-refractivity contribution in [3.05, 3.63) is 36.2 Å². The number of piperidine rings is 1. The first-order valence-corrected chi connectivity index (χ1v) is 12.7. The van der Waals surface area contributed by atoms with Gasteiger partial charge in [0.2, 0.25) is 17.4 Å². The molecular weight excluding hydrogens is 483 g/mol. The Labute approximate surface area is 217 Å². The SMILES string of the molecule is Cc1c(OC2CCN(C(=O)OC(C)C)CC2)ncnc1OC1C=CC=CC1(F)C(=O)NCCOC(C)C. The molecule has 204 valence electrons. The quantitative estimate of drug-likeness (QED) is 0.468. The number of nitrogens with one attached hydrogen (secondary N) is 1. The second-order valence-electron chi connectivity index (χ2n) is 9.57. The second kappa shape index (κ2) is 12.8. The summed E-state index contributed by atoms with van der Waals surface area (Å²) in [6.07, 6.45) is 6.32. The maximum Gasteiger partial charge on any atom is 0.410 e. The maximum absolute atomic E-state index is 15.9. The van der Waals surface area contributed by atoms with E-state index in [-0.39, 0.29) is 43.4 Å². The summed E-state index contributed by atoms with van der Waals surface area (Å²) >= 11 is 0. The highest BCUT2D eigenvalue weighted by molar-refractivity contribution is 5.89. The number of halogens is 1. The molecule has 1 fully saturated rings. The Balaban J connectivity index is 1.61. The van der Waals surface area contributed by atoms with Crippen LogP contribution >= 0.6 is 0 Å². The predicted molar refractivity (Wildman–Crippen MR) is 134 cm³/mol. The van der Waals surface area contributed by atoms with Crippen LogP contribution in [0.3, 0.4) is 0 Å². The molecule has 11 heteroatoms. The zero-order chi connectivity index (χ0) is 27.0. The summed E-state index contributed by atoms with van der Waals surface area (Å²) < 4.78 is 38.5. The third kappa shape index (κ3) is 7.64. The predicted octanol–water partition coefficient (Wildman–Crippen LogP) is 3.30. The normalized spacial score (nSPS) is 21.8. The van der Waals surface area contributed by atoms with E-state index in [1.165, 1.54) is 24.6 Å². The molecule has 1 aliphatic carbocycles. The van der Waals surface area contributed by atoms with Crippen molar-refractivity contribution in [3.8, 4) is 11.8 Å².